The molecule has 1 heterocycles. The molecule has 8 heteroatoms. The lowest BCUT2D eigenvalue weighted by Gasteiger charge is -2.08. The SMILES string of the molecule is NC(=S)Nc1cncc(OCc2ccc(Cl)cc2Cl)n1. The second-order valence-electron chi connectivity index (χ2n) is 3.76. The van der Waals surface area contributed by atoms with E-state index >= 15 is 0 Å². The molecule has 0 spiro atoms. The van der Waals surface area contributed by atoms with Crippen LogP contribution in [0.3, 0.4) is 0 Å². The average Bonchev–Trinajstić information content (AvgIpc) is 2.37. The summed E-state index contributed by atoms with van der Waals surface area (Å²) in [6.07, 6.45) is 2.97. The zero-order valence-electron chi connectivity index (χ0n) is 10.1. The summed E-state index contributed by atoms with van der Waals surface area (Å²) >= 11 is 16.6. The van der Waals surface area contributed by atoms with Crippen LogP contribution in [0.15, 0.2) is 30.6 Å². The van der Waals surface area contributed by atoms with Crippen molar-refractivity contribution in [1.82, 2.24) is 9.97 Å². The summed E-state index contributed by atoms with van der Waals surface area (Å²) in [6.45, 7) is 0.251. The van der Waals surface area contributed by atoms with Crippen LogP contribution < -0.4 is 15.8 Å². The van der Waals surface area contributed by atoms with Gasteiger partial charge in [-0.05, 0) is 24.4 Å². The highest BCUT2D eigenvalue weighted by atomic mass is 35.5. The van der Waals surface area contributed by atoms with E-state index in [0.29, 0.717) is 21.7 Å². The summed E-state index contributed by atoms with van der Waals surface area (Å²) < 4.78 is 5.51. The first-order chi connectivity index (χ1) is 9.54. The van der Waals surface area contributed by atoms with Crippen LogP contribution >= 0.6 is 35.4 Å². The van der Waals surface area contributed by atoms with Gasteiger partial charge >= 0.3 is 0 Å². The van der Waals surface area contributed by atoms with Gasteiger partial charge in [0.1, 0.15) is 6.61 Å². The lowest BCUT2D eigenvalue weighted by molar-refractivity contribution is 0.293. The number of ether oxygens (including phenoxy) is 1. The highest BCUT2D eigenvalue weighted by Crippen LogP contribution is 2.22. The monoisotopic (exact) mass is 328 g/mol. The number of nitrogens with zero attached hydrogens (tertiary/aromatic N) is 2. The number of benzene rings is 1. The second kappa shape index (κ2) is 6.69. The Morgan fingerprint density at radius 1 is 1.35 bits per heavy atom. The summed E-state index contributed by atoms with van der Waals surface area (Å²) in [6, 6.07) is 5.18. The number of thiocarbonyl (C=S) groups is 1. The first kappa shape index (κ1) is 14.8. The molecule has 0 fully saturated rings. The van der Waals surface area contributed by atoms with E-state index in [1.165, 1.54) is 12.4 Å². The zero-order chi connectivity index (χ0) is 14.5. The number of rotatable bonds is 4. The van der Waals surface area contributed by atoms with E-state index in [4.69, 9.17) is 45.9 Å². The van der Waals surface area contributed by atoms with Crippen LogP contribution in [-0.4, -0.2) is 15.1 Å². The minimum Gasteiger partial charge on any atom is -0.472 e. The summed E-state index contributed by atoms with van der Waals surface area (Å²) in [5.74, 6) is 0.745. The number of hydrogen-bond acceptors (Lipinski definition) is 4. The molecule has 0 aliphatic rings. The van der Waals surface area contributed by atoms with Gasteiger partial charge in [0, 0.05) is 15.6 Å². The van der Waals surface area contributed by atoms with Crippen molar-refractivity contribution < 1.29 is 4.74 Å². The van der Waals surface area contributed by atoms with E-state index in [1.807, 2.05) is 0 Å². The lowest BCUT2D eigenvalue weighted by Crippen LogP contribution is -2.19. The van der Waals surface area contributed by atoms with Crippen LogP contribution in [-0.2, 0) is 6.61 Å². The van der Waals surface area contributed by atoms with E-state index in [0.717, 1.165) is 5.56 Å². The third-order valence-electron chi connectivity index (χ3n) is 2.25. The van der Waals surface area contributed by atoms with Crippen molar-refractivity contribution in [3.05, 3.63) is 46.2 Å². The van der Waals surface area contributed by atoms with Crippen LogP contribution in [0.5, 0.6) is 5.88 Å². The Bertz CT molecular complexity index is 639. The second-order valence-corrected chi connectivity index (χ2v) is 5.04. The first-order valence-electron chi connectivity index (χ1n) is 5.50. The molecule has 0 bridgehead atoms. The molecule has 0 aliphatic heterocycles. The van der Waals surface area contributed by atoms with E-state index in [9.17, 15) is 0 Å². The Hall–Kier alpha value is -1.63. The smallest absolute Gasteiger partial charge is 0.234 e. The molecule has 1 aromatic heterocycles. The third kappa shape index (κ3) is 4.19. The molecule has 0 unspecified atom stereocenters. The number of halogens is 2. The summed E-state index contributed by atoms with van der Waals surface area (Å²) in [4.78, 5) is 8.11. The van der Waals surface area contributed by atoms with Crippen molar-refractivity contribution in [2.75, 3.05) is 5.32 Å². The fourth-order valence-electron chi connectivity index (χ4n) is 1.39. The van der Waals surface area contributed by atoms with Crippen molar-refractivity contribution in [3.8, 4) is 5.88 Å². The van der Waals surface area contributed by atoms with Crippen molar-refractivity contribution in [2.24, 2.45) is 5.73 Å². The molecule has 104 valence electrons. The number of aromatic nitrogens is 2. The van der Waals surface area contributed by atoms with Crippen molar-refractivity contribution in [1.29, 1.82) is 0 Å². The standard InChI is InChI=1S/C12H10Cl2N4OS/c13-8-2-1-7(9(14)3-8)6-19-11-5-16-4-10(17-11)18-12(15)20/h1-5H,6H2,(H3,15,17,18,20). The molecule has 0 saturated carbocycles. The minimum atomic E-state index is 0.109. The first-order valence-corrected chi connectivity index (χ1v) is 6.66. The molecule has 1 aromatic carbocycles. The maximum atomic E-state index is 6.05. The molecule has 0 radical (unpaired) electrons. The summed E-state index contributed by atoms with van der Waals surface area (Å²) in [5, 5.41) is 3.88. The van der Waals surface area contributed by atoms with E-state index in [-0.39, 0.29) is 11.7 Å². The maximum absolute atomic E-state index is 6.05. The number of anilines is 1. The molecule has 0 aliphatic carbocycles. The Morgan fingerprint density at radius 2 is 2.15 bits per heavy atom. The topological polar surface area (TPSA) is 73.1 Å². The molecule has 0 atom stereocenters. The predicted octanol–water partition coefficient (Wildman–Crippen LogP) is 3.02. The van der Waals surface area contributed by atoms with Crippen LogP contribution in [0.4, 0.5) is 5.82 Å². The Labute approximate surface area is 131 Å². The van der Waals surface area contributed by atoms with Gasteiger partial charge in [-0.3, -0.25) is 4.98 Å². The fourth-order valence-corrected chi connectivity index (χ4v) is 1.96. The Morgan fingerprint density at radius 3 is 2.85 bits per heavy atom. The third-order valence-corrected chi connectivity index (χ3v) is 2.94. The van der Waals surface area contributed by atoms with Crippen molar-refractivity contribution >= 4 is 46.4 Å². The molecular formula is C12H10Cl2N4OS. The van der Waals surface area contributed by atoms with Gasteiger partial charge in [0.15, 0.2) is 10.9 Å². The van der Waals surface area contributed by atoms with E-state index in [1.54, 1.807) is 18.2 Å². The van der Waals surface area contributed by atoms with Gasteiger partial charge in [0.05, 0.1) is 12.4 Å². The lowest BCUT2D eigenvalue weighted by atomic mass is 10.2. The minimum absolute atomic E-state index is 0.109. The van der Waals surface area contributed by atoms with Gasteiger partial charge in [-0.1, -0.05) is 29.3 Å². The molecule has 2 rings (SSSR count). The van der Waals surface area contributed by atoms with Crippen LogP contribution in [0.1, 0.15) is 5.56 Å². The zero-order valence-corrected chi connectivity index (χ0v) is 12.5. The fraction of sp³-hybridized carbons (Fsp3) is 0.0833. The van der Waals surface area contributed by atoms with Crippen molar-refractivity contribution in [2.45, 2.75) is 6.61 Å². The van der Waals surface area contributed by atoms with Crippen molar-refractivity contribution in [3.63, 3.8) is 0 Å². The molecular weight excluding hydrogens is 319 g/mol. The van der Waals surface area contributed by atoms with Crippen LogP contribution in [0.2, 0.25) is 10.0 Å². The Kier molecular flexibility index (Phi) is 4.94. The average molecular weight is 329 g/mol. The van der Waals surface area contributed by atoms with Gasteiger partial charge in [-0.15, -0.1) is 0 Å². The van der Waals surface area contributed by atoms with Gasteiger partial charge in [0.2, 0.25) is 5.88 Å². The molecule has 0 amide bonds. The van der Waals surface area contributed by atoms with Gasteiger partial charge in [0.25, 0.3) is 0 Å². The summed E-state index contributed by atoms with van der Waals surface area (Å²) in [5.41, 5.74) is 6.15. The molecule has 3 N–H and O–H groups in total. The number of nitrogens with one attached hydrogen (secondary N) is 1. The maximum Gasteiger partial charge on any atom is 0.234 e. The quantitative estimate of drug-likeness (QED) is 0.840. The van der Waals surface area contributed by atoms with Crippen LogP contribution in [0, 0.1) is 0 Å². The normalized spacial score (nSPS) is 10.1. The number of hydrogen-bond donors (Lipinski definition) is 2. The highest BCUT2D eigenvalue weighted by molar-refractivity contribution is 7.80. The van der Waals surface area contributed by atoms with Gasteiger partial charge in [-0.2, -0.15) is 4.98 Å². The summed E-state index contributed by atoms with van der Waals surface area (Å²) in [7, 11) is 0. The van der Waals surface area contributed by atoms with Gasteiger partial charge in [-0.25, -0.2) is 0 Å². The van der Waals surface area contributed by atoms with E-state index in [2.05, 4.69) is 15.3 Å². The molecule has 5 nitrogen and oxygen atoms in total. The molecule has 20 heavy (non-hydrogen) atoms. The van der Waals surface area contributed by atoms with E-state index < -0.39 is 0 Å². The number of nitrogens with two attached hydrogens (primary N) is 1. The van der Waals surface area contributed by atoms with Gasteiger partial charge < -0.3 is 15.8 Å². The predicted molar refractivity (Wildman–Crippen MR) is 83.2 cm³/mol. The largest absolute Gasteiger partial charge is 0.472 e. The molecule has 0 saturated heterocycles. The highest BCUT2D eigenvalue weighted by Gasteiger charge is 2.04. The van der Waals surface area contributed by atoms with Crippen LogP contribution in [0.25, 0.3) is 0 Å². The Balaban J connectivity index is 2.05. The molecule has 2 aromatic rings.